The van der Waals surface area contributed by atoms with E-state index in [-0.39, 0.29) is 5.91 Å². The van der Waals surface area contributed by atoms with Gasteiger partial charge in [-0.25, -0.2) is 13.8 Å². The van der Waals surface area contributed by atoms with E-state index in [0.29, 0.717) is 28.1 Å². The molecule has 8 nitrogen and oxygen atoms in total. The van der Waals surface area contributed by atoms with Crippen LogP contribution >= 0.6 is 0 Å². The first-order chi connectivity index (χ1) is 24.9. The molecule has 0 saturated carbocycles. The Morgan fingerprint density at radius 1 is 1.10 bits per heavy atom. The van der Waals surface area contributed by atoms with Crippen LogP contribution < -0.4 is 20.9 Å². The summed E-state index contributed by atoms with van der Waals surface area (Å²) in [7, 11) is 5.27. The van der Waals surface area contributed by atoms with Crippen molar-refractivity contribution in [1.82, 2.24) is 25.8 Å². The monoisotopic (exact) mass is 727 g/mol. The second-order valence-corrected chi connectivity index (χ2v) is 10.4. The molecule has 2 aromatic rings. The van der Waals surface area contributed by atoms with Gasteiger partial charge in [0.25, 0.3) is 5.91 Å². The lowest BCUT2D eigenvalue weighted by Crippen LogP contribution is -2.39. The Hall–Kier alpha value is -4.30. The minimum absolute atomic E-state index is 0.322. The van der Waals surface area contributed by atoms with E-state index >= 15 is 0 Å². The van der Waals surface area contributed by atoms with Gasteiger partial charge in [0.1, 0.15) is 24.4 Å². The van der Waals surface area contributed by atoms with E-state index in [4.69, 9.17) is 5.11 Å². The number of carbonyl (C=O) groups excluding carboxylic acids is 1. The van der Waals surface area contributed by atoms with Gasteiger partial charge < -0.3 is 25.5 Å². The molecule has 10 heteroatoms. The number of rotatable bonds is 15. The van der Waals surface area contributed by atoms with Crippen LogP contribution in [-0.4, -0.2) is 87.0 Å². The highest BCUT2D eigenvalue weighted by Gasteiger charge is 2.13. The summed E-state index contributed by atoms with van der Waals surface area (Å²) in [6.45, 7) is 29.7. The number of aliphatic hydroxyl groups excluding tert-OH is 1. The number of halogens is 2. The van der Waals surface area contributed by atoms with Gasteiger partial charge in [-0.15, -0.1) is 0 Å². The molecule has 2 rings (SSSR count). The van der Waals surface area contributed by atoms with Gasteiger partial charge in [0.05, 0.1) is 11.8 Å². The minimum atomic E-state index is -0.721. The Bertz CT molecular complexity index is 1410. The van der Waals surface area contributed by atoms with Crippen LogP contribution in [-0.2, 0) is 4.79 Å². The Morgan fingerprint density at radius 2 is 1.73 bits per heavy atom. The van der Waals surface area contributed by atoms with Crippen LogP contribution in [0.4, 0.5) is 14.6 Å². The first-order valence-corrected chi connectivity index (χ1v) is 18.2. The molecule has 292 valence electrons. The number of pyridine rings is 1. The fraction of sp³-hybridized carbons (Fsp3) is 0.476. The number of amides is 1. The van der Waals surface area contributed by atoms with Crippen molar-refractivity contribution in [1.29, 1.82) is 0 Å². The molecule has 0 aliphatic heterocycles. The normalized spacial score (nSPS) is 11.4. The van der Waals surface area contributed by atoms with Crippen LogP contribution in [0.15, 0.2) is 84.8 Å². The second kappa shape index (κ2) is 32.6. The molecule has 2 unspecified atom stereocenters. The number of hydrogen-bond donors (Lipinski definition) is 4. The van der Waals surface area contributed by atoms with Crippen molar-refractivity contribution < 1.29 is 18.7 Å². The summed E-state index contributed by atoms with van der Waals surface area (Å²) in [6, 6.07) is 9.64. The highest BCUT2D eigenvalue weighted by Crippen LogP contribution is 2.24. The van der Waals surface area contributed by atoms with Crippen LogP contribution in [0.5, 0.6) is 0 Å². The van der Waals surface area contributed by atoms with Gasteiger partial charge in [0.2, 0.25) is 0 Å². The Morgan fingerprint density at radius 3 is 2.21 bits per heavy atom. The van der Waals surface area contributed by atoms with Gasteiger partial charge in [0, 0.05) is 56.1 Å². The number of likely N-dealkylation sites (N-methyl/N-ethyl adjacent to an activating group) is 4. The third-order valence-corrected chi connectivity index (χ3v) is 6.77. The number of benzene rings is 1. The molecule has 1 aromatic heterocycles. The maximum Gasteiger partial charge on any atom is 0.253 e. The number of allylic oxidation sites excluding steroid dienone is 3. The molecule has 2 atom stereocenters. The molecule has 4 N–H and O–H groups in total. The molecule has 1 heterocycles. The molecule has 0 fully saturated rings. The fourth-order valence-corrected chi connectivity index (χ4v) is 4.05. The van der Waals surface area contributed by atoms with Crippen molar-refractivity contribution in [3.8, 4) is 23.1 Å². The van der Waals surface area contributed by atoms with Crippen molar-refractivity contribution in [2.24, 2.45) is 0 Å². The predicted octanol–water partition coefficient (Wildman–Crippen LogP) is 7.89. The third-order valence-electron chi connectivity index (χ3n) is 6.77. The number of carbonyl (C=O) groups is 1. The van der Waals surface area contributed by atoms with Crippen LogP contribution in [0.1, 0.15) is 74.8 Å². The number of aliphatic hydroxyl groups is 1. The highest BCUT2D eigenvalue weighted by molar-refractivity contribution is 5.85. The first kappa shape index (κ1) is 52.1. The van der Waals surface area contributed by atoms with Crippen molar-refractivity contribution in [2.75, 3.05) is 58.9 Å². The Kier molecular flexibility index (Phi) is 32.6. The molecule has 0 aliphatic rings. The molecule has 1 amide bonds. The number of nitrogens with zero attached hydrogens (tertiary/aromatic N) is 3. The average Bonchev–Trinajstić information content (AvgIpc) is 3.16. The van der Waals surface area contributed by atoms with Crippen molar-refractivity contribution in [3.63, 3.8) is 0 Å². The van der Waals surface area contributed by atoms with Gasteiger partial charge >= 0.3 is 0 Å². The van der Waals surface area contributed by atoms with E-state index in [1.165, 1.54) is 12.3 Å². The number of alkyl halides is 1. The van der Waals surface area contributed by atoms with Crippen molar-refractivity contribution in [3.05, 3.63) is 96.1 Å². The van der Waals surface area contributed by atoms with Gasteiger partial charge in [-0.2, -0.15) is 0 Å². The van der Waals surface area contributed by atoms with E-state index in [9.17, 15) is 13.6 Å². The fourth-order valence-electron chi connectivity index (χ4n) is 4.05. The number of anilines is 1. The van der Waals surface area contributed by atoms with Gasteiger partial charge in [-0.3, -0.25) is 10.1 Å². The van der Waals surface area contributed by atoms with Crippen LogP contribution in [0, 0.1) is 17.7 Å². The molecule has 0 spiro atoms. The predicted molar refractivity (Wildman–Crippen MR) is 220 cm³/mol. The number of aromatic nitrogens is 1. The molecule has 0 aliphatic carbocycles. The summed E-state index contributed by atoms with van der Waals surface area (Å²) in [5, 5.41) is 17.7. The first-order valence-electron chi connectivity index (χ1n) is 18.2. The smallest absolute Gasteiger partial charge is 0.253 e. The van der Waals surface area contributed by atoms with E-state index in [0.717, 1.165) is 37.6 Å². The maximum atomic E-state index is 14.8. The Balaban J connectivity index is -0.000000961. The molecule has 0 saturated heterocycles. The Labute approximate surface area is 315 Å². The summed E-state index contributed by atoms with van der Waals surface area (Å²) in [6.07, 6.45) is 4.11. The maximum absolute atomic E-state index is 14.8. The molecule has 1 aromatic carbocycles. The van der Waals surface area contributed by atoms with Crippen LogP contribution in [0.3, 0.4) is 0 Å². The SMILES string of the molecule is C=C(/C(CF)=C(C)/C=C\C(C)O)N(C)C.C=CNC(=O)C(C#Cc1ccc(-c2cccc(N(CC)CCNCC)n2)c(F)c1)NC.CC.CC.CC. The van der Waals surface area contributed by atoms with E-state index in [2.05, 4.69) is 64.7 Å². The van der Waals surface area contributed by atoms with Crippen molar-refractivity contribution in [2.45, 2.75) is 81.4 Å². The van der Waals surface area contributed by atoms with Gasteiger partial charge in [0.15, 0.2) is 0 Å². The van der Waals surface area contributed by atoms with E-state index in [1.807, 2.05) is 74.7 Å². The summed E-state index contributed by atoms with van der Waals surface area (Å²) in [5.41, 5.74) is 3.46. The zero-order valence-corrected chi connectivity index (χ0v) is 34.3. The molecular weight excluding hydrogens is 658 g/mol. The summed E-state index contributed by atoms with van der Waals surface area (Å²) in [5.74, 6) is 5.71. The van der Waals surface area contributed by atoms with Crippen molar-refractivity contribution >= 4 is 11.7 Å². The summed E-state index contributed by atoms with van der Waals surface area (Å²) < 4.78 is 27.6. The number of hydrogen-bond acceptors (Lipinski definition) is 7. The van der Waals surface area contributed by atoms with Gasteiger partial charge in [-0.05, 0) is 76.5 Å². The lowest BCUT2D eigenvalue weighted by molar-refractivity contribution is -0.120. The molecular formula is C42H68F2N6O2. The summed E-state index contributed by atoms with van der Waals surface area (Å²) in [4.78, 5) is 20.4. The zero-order valence-electron chi connectivity index (χ0n) is 34.3. The zero-order chi connectivity index (χ0) is 40.6. The largest absolute Gasteiger partial charge is 0.389 e. The molecule has 52 heavy (non-hydrogen) atoms. The van der Waals surface area contributed by atoms with Crippen LogP contribution in [0.25, 0.3) is 11.3 Å². The third kappa shape index (κ3) is 20.5. The lowest BCUT2D eigenvalue weighted by Gasteiger charge is -2.22. The lowest BCUT2D eigenvalue weighted by atomic mass is 10.1. The summed E-state index contributed by atoms with van der Waals surface area (Å²) >= 11 is 0. The van der Waals surface area contributed by atoms with E-state index < -0.39 is 24.6 Å². The quantitative estimate of drug-likeness (QED) is 0.0844. The van der Waals surface area contributed by atoms with E-state index in [1.54, 1.807) is 49.2 Å². The average molecular weight is 727 g/mol. The second-order valence-electron chi connectivity index (χ2n) is 10.4. The molecule has 0 bridgehead atoms. The minimum Gasteiger partial charge on any atom is -0.389 e. The highest BCUT2D eigenvalue weighted by atomic mass is 19.1. The topological polar surface area (TPSA) is 92.8 Å². The number of nitrogens with one attached hydrogen (secondary N) is 3. The molecule has 0 radical (unpaired) electrons. The van der Waals surface area contributed by atoms with Gasteiger partial charge in [-0.1, -0.05) is 91.7 Å². The van der Waals surface area contributed by atoms with Crippen LogP contribution in [0.2, 0.25) is 0 Å². The standard InChI is InChI=1S/C24H30FN5O.C12H20FNO.3C2H6/c1-5-27-15-16-30(7-3)23-10-8-9-21(29-23)19-13-11-18(17-20(19)25)12-14-22(26-4)24(31)28-6-2;1-9(6-7-10(2)15)12(8-13)11(3)14(4)5;3*1-2/h6,8-11,13,17,22,26-27H,2,5,7,15-16H2,1,3-4H3,(H,28,31);6-7,10,15H,3,8H2,1-2,4-5H3;3*1-2H3/b;7-6-,12-9+;;;.